The Bertz CT molecular complexity index is 423. The van der Waals surface area contributed by atoms with E-state index in [1.807, 2.05) is 0 Å². The summed E-state index contributed by atoms with van der Waals surface area (Å²) in [6.07, 6.45) is 3.96. The molecule has 2 atom stereocenters. The quantitative estimate of drug-likeness (QED) is 0.833. The van der Waals surface area contributed by atoms with Crippen molar-refractivity contribution in [2.45, 2.75) is 25.3 Å². The van der Waals surface area contributed by atoms with Gasteiger partial charge in [-0.1, -0.05) is 12.5 Å². The molecule has 2 unspecified atom stereocenters. The van der Waals surface area contributed by atoms with Gasteiger partial charge in [0.2, 0.25) is 0 Å². The highest BCUT2D eigenvalue weighted by Gasteiger charge is 2.28. The molecule has 1 fully saturated rings. The Morgan fingerprint density at radius 2 is 2.05 bits per heavy atom. The van der Waals surface area contributed by atoms with Crippen molar-refractivity contribution in [2.75, 3.05) is 27.2 Å². The van der Waals surface area contributed by atoms with Crippen molar-refractivity contribution in [3.8, 4) is 0 Å². The van der Waals surface area contributed by atoms with Crippen molar-refractivity contribution in [3.63, 3.8) is 0 Å². The third-order valence-electron chi connectivity index (χ3n) is 4.01. The summed E-state index contributed by atoms with van der Waals surface area (Å²) >= 11 is 7.19. The summed E-state index contributed by atoms with van der Waals surface area (Å²) < 4.78 is 2.27. The first-order chi connectivity index (χ1) is 9.13. The lowest BCUT2D eigenvalue weighted by atomic mass is 9.89. The number of hydrogen-bond acceptors (Lipinski definition) is 2. The molecule has 2 rings (SSSR count). The van der Waals surface area contributed by atoms with E-state index in [2.05, 4.69) is 74.4 Å². The van der Waals surface area contributed by atoms with Gasteiger partial charge in [0.05, 0.1) is 0 Å². The molecule has 0 aromatic heterocycles. The van der Waals surface area contributed by atoms with E-state index in [4.69, 9.17) is 0 Å². The highest BCUT2D eigenvalue weighted by Crippen LogP contribution is 2.36. The van der Waals surface area contributed by atoms with Gasteiger partial charge in [-0.15, -0.1) is 0 Å². The van der Waals surface area contributed by atoms with E-state index in [1.165, 1.54) is 31.4 Å². The van der Waals surface area contributed by atoms with Crippen molar-refractivity contribution < 1.29 is 0 Å². The lowest BCUT2D eigenvalue weighted by molar-refractivity contribution is 0.191. The topological polar surface area (TPSA) is 15.3 Å². The maximum Gasteiger partial charge on any atom is 0.0385 e. The number of nitrogens with one attached hydrogen (secondary N) is 1. The molecule has 1 aliphatic heterocycles. The molecule has 0 spiro atoms. The summed E-state index contributed by atoms with van der Waals surface area (Å²) in [6.45, 7) is 2.28. The predicted octanol–water partition coefficient (Wildman–Crippen LogP) is 4.20. The van der Waals surface area contributed by atoms with E-state index in [9.17, 15) is 0 Å². The molecule has 0 bridgehead atoms. The highest BCUT2D eigenvalue weighted by atomic mass is 79.9. The highest BCUT2D eigenvalue weighted by molar-refractivity contribution is 9.13. The van der Waals surface area contributed by atoms with E-state index < -0.39 is 0 Å². The van der Waals surface area contributed by atoms with Crippen molar-refractivity contribution >= 4 is 31.9 Å². The molecule has 2 nitrogen and oxygen atoms in total. The van der Waals surface area contributed by atoms with Crippen LogP contribution in [-0.4, -0.2) is 32.1 Å². The number of nitrogens with zero attached hydrogens (tertiary/aromatic N) is 1. The van der Waals surface area contributed by atoms with Crippen LogP contribution < -0.4 is 5.32 Å². The second-order valence-corrected chi connectivity index (χ2v) is 7.12. The number of likely N-dealkylation sites (tertiary alicyclic amines) is 1. The number of rotatable bonds is 3. The van der Waals surface area contributed by atoms with Gasteiger partial charge in [-0.3, -0.25) is 4.90 Å². The summed E-state index contributed by atoms with van der Waals surface area (Å²) in [5, 5.41) is 3.36. The van der Waals surface area contributed by atoms with Crippen LogP contribution in [0.3, 0.4) is 0 Å². The zero-order chi connectivity index (χ0) is 13.8. The molecule has 1 saturated heterocycles. The summed E-state index contributed by atoms with van der Waals surface area (Å²) in [4.78, 5) is 2.52. The fraction of sp³-hybridized carbons (Fsp3) is 0.600. The normalized spacial score (nSPS) is 25.3. The second kappa shape index (κ2) is 7.21. The average Bonchev–Trinajstić information content (AvgIpc) is 2.56. The Balaban J connectivity index is 2.31. The van der Waals surface area contributed by atoms with E-state index in [1.54, 1.807) is 0 Å². The van der Waals surface area contributed by atoms with Crippen LogP contribution >= 0.6 is 31.9 Å². The summed E-state index contributed by atoms with van der Waals surface area (Å²) in [6, 6.07) is 7.18. The van der Waals surface area contributed by atoms with Crippen LogP contribution in [0, 0.1) is 5.92 Å². The van der Waals surface area contributed by atoms with Crippen LogP contribution in [0.1, 0.15) is 30.9 Å². The Labute approximate surface area is 133 Å². The van der Waals surface area contributed by atoms with Gasteiger partial charge in [-0.05, 0) is 95.5 Å². The summed E-state index contributed by atoms with van der Waals surface area (Å²) in [5.41, 5.74) is 1.42. The zero-order valence-electron chi connectivity index (χ0n) is 11.6. The van der Waals surface area contributed by atoms with Crippen LogP contribution in [0.15, 0.2) is 27.1 Å². The van der Waals surface area contributed by atoms with Gasteiger partial charge in [-0.25, -0.2) is 0 Å². The predicted molar refractivity (Wildman–Crippen MR) is 88.5 cm³/mol. The van der Waals surface area contributed by atoms with Crippen molar-refractivity contribution in [3.05, 3.63) is 32.7 Å². The van der Waals surface area contributed by atoms with Crippen molar-refractivity contribution in [1.82, 2.24) is 10.2 Å². The van der Waals surface area contributed by atoms with Crippen molar-refractivity contribution in [2.24, 2.45) is 5.92 Å². The lowest BCUT2D eigenvalue weighted by Gasteiger charge is -2.33. The molecular weight excluding hydrogens is 368 g/mol. The van der Waals surface area contributed by atoms with E-state index >= 15 is 0 Å². The van der Waals surface area contributed by atoms with Crippen LogP contribution in [0.25, 0.3) is 0 Å². The molecule has 1 aliphatic rings. The summed E-state index contributed by atoms with van der Waals surface area (Å²) in [5.74, 6) is 0.686. The molecule has 1 aromatic carbocycles. The fourth-order valence-electron chi connectivity index (χ4n) is 3.12. The Morgan fingerprint density at radius 3 is 2.74 bits per heavy atom. The van der Waals surface area contributed by atoms with Gasteiger partial charge >= 0.3 is 0 Å². The zero-order valence-corrected chi connectivity index (χ0v) is 14.8. The van der Waals surface area contributed by atoms with Crippen LogP contribution in [0.5, 0.6) is 0 Å². The van der Waals surface area contributed by atoms with Gasteiger partial charge in [0.15, 0.2) is 0 Å². The van der Waals surface area contributed by atoms with Gasteiger partial charge in [0.1, 0.15) is 0 Å². The van der Waals surface area contributed by atoms with E-state index in [0.29, 0.717) is 12.0 Å². The van der Waals surface area contributed by atoms with Crippen LogP contribution in [0.2, 0.25) is 0 Å². The van der Waals surface area contributed by atoms with Crippen LogP contribution in [-0.2, 0) is 0 Å². The smallest absolute Gasteiger partial charge is 0.0385 e. The molecule has 19 heavy (non-hydrogen) atoms. The van der Waals surface area contributed by atoms with Gasteiger partial charge in [0.25, 0.3) is 0 Å². The number of hydrogen-bond donors (Lipinski definition) is 1. The SMILES string of the molecule is CNCC1CCCCN(C)C1c1ccc(Br)c(Br)c1. The largest absolute Gasteiger partial charge is 0.319 e. The molecular formula is C15H22Br2N2. The molecule has 0 saturated carbocycles. The first-order valence-electron chi connectivity index (χ1n) is 6.93. The van der Waals surface area contributed by atoms with Gasteiger partial charge < -0.3 is 5.32 Å². The fourth-order valence-corrected chi connectivity index (χ4v) is 3.77. The van der Waals surface area contributed by atoms with E-state index in [0.717, 1.165) is 15.5 Å². The maximum absolute atomic E-state index is 3.63. The summed E-state index contributed by atoms with van der Waals surface area (Å²) in [7, 11) is 4.31. The first kappa shape index (κ1) is 15.5. The van der Waals surface area contributed by atoms with Gasteiger partial charge in [0, 0.05) is 15.0 Å². The van der Waals surface area contributed by atoms with Crippen molar-refractivity contribution in [1.29, 1.82) is 0 Å². The minimum atomic E-state index is 0.513. The minimum Gasteiger partial charge on any atom is -0.319 e. The third kappa shape index (κ3) is 3.81. The first-order valence-corrected chi connectivity index (χ1v) is 8.52. The second-order valence-electron chi connectivity index (χ2n) is 5.41. The molecule has 1 aromatic rings. The molecule has 0 amide bonds. The molecule has 0 radical (unpaired) electrons. The molecule has 1 N–H and O–H groups in total. The molecule has 4 heteroatoms. The monoisotopic (exact) mass is 388 g/mol. The Morgan fingerprint density at radius 1 is 1.26 bits per heavy atom. The Hall–Kier alpha value is 0.1000. The maximum atomic E-state index is 3.63. The molecule has 0 aliphatic carbocycles. The Kier molecular flexibility index (Phi) is 5.87. The minimum absolute atomic E-state index is 0.513. The third-order valence-corrected chi connectivity index (χ3v) is 5.89. The molecule has 106 valence electrons. The van der Waals surface area contributed by atoms with Crippen LogP contribution in [0.4, 0.5) is 0 Å². The average molecular weight is 390 g/mol. The molecule has 1 heterocycles. The lowest BCUT2D eigenvalue weighted by Crippen LogP contribution is -2.34. The number of halogens is 2. The van der Waals surface area contributed by atoms with Gasteiger partial charge in [-0.2, -0.15) is 0 Å². The standard InChI is InChI=1S/C15H22Br2N2/c1-18-10-12-5-3-4-8-19(2)15(12)11-6-7-13(16)14(17)9-11/h6-7,9,12,15,18H,3-5,8,10H2,1-2H3. The number of benzene rings is 1. The van der Waals surface area contributed by atoms with E-state index in [-0.39, 0.29) is 0 Å².